The summed E-state index contributed by atoms with van der Waals surface area (Å²) in [5, 5.41) is 26.2. The lowest BCUT2D eigenvalue weighted by molar-refractivity contribution is -0.134. The Balaban J connectivity index is 2.02. The number of nitrogens with zero attached hydrogens (tertiary/aromatic N) is 1. The summed E-state index contributed by atoms with van der Waals surface area (Å²) >= 11 is 0. The van der Waals surface area contributed by atoms with Crippen molar-refractivity contribution in [3.63, 3.8) is 0 Å². The lowest BCUT2D eigenvalue weighted by Gasteiger charge is -2.37. The first-order valence-electron chi connectivity index (χ1n) is 15.8. The van der Waals surface area contributed by atoms with Crippen LogP contribution < -0.4 is 31.9 Å². The molecule has 1 aromatic rings. The SMILES string of the molecule is CC(C)C[C@@H]1NC(=O)c2cccc(c2)CNC(=O)[C@@H]2CCCN2[C@H](C(=O)NC(C)(C)C)[C@H](C)NC(=O)[C@H]([C@@H](C)O)NC(=O)NC1=O. The first-order chi connectivity index (χ1) is 21.5. The second kappa shape index (κ2) is 15.5. The molecule has 2 heterocycles. The van der Waals surface area contributed by atoms with Gasteiger partial charge in [-0.25, -0.2) is 4.79 Å². The van der Waals surface area contributed by atoms with Gasteiger partial charge in [-0.15, -0.1) is 0 Å². The Bertz CT molecular complexity index is 1310. The second-order valence-electron chi connectivity index (χ2n) is 13.6. The number of aliphatic hydroxyl groups excluding tert-OH is 1. The number of hydrogen-bond donors (Lipinski definition) is 7. The minimum atomic E-state index is -1.49. The molecule has 1 fully saturated rings. The van der Waals surface area contributed by atoms with E-state index in [1.54, 1.807) is 36.1 Å². The summed E-state index contributed by atoms with van der Waals surface area (Å²) in [7, 11) is 0. The number of aliphatic hydroxyl groups is 1. The van der Waals surface area contributed by atoms with Crippen LogP contribution in [-0.2, 0) is 25.7 Å². The van der Waals surface area contributed by atoms with Gasteiger partial charge in [0.15, 0.2) is 0 Å². The highest BCUT2D eigenvalue weighted by molar-refractivity contribution is 6.02. The molecule has 1 aromatic carbocycles. The Morgan fingerprint density at radius 3 is 2.35 bits per heavy atom. The first-order valence-corrected chi connectivity index (χ1v) is 15.8. The lowest BCUT2D eigenvalue weighted by Crippen LogP contribution is -2.64. The van der Waals surface area contributed by atoms with Gasteiger partial charge in [-0.3, -0.25) is 34.2 Å². The summed E-state index contributed by atoms with van der Waals surface area (Å²) in [5.74, 6) is -2.87. The van der Waals surface area contributed by atoms with Gasteiger partial charge in [-0.1, -0.05) is 26.0 Å². The van der Waals surface area contributed by atoms with Gasteiger partial charge in [0.2, 0.25) is 17.7 Å². The molecule has 0 radical (unpaired) electrons. The zero-order valence-electron chi connectivity index (χ0n) is 27.7. The number of amides is 7. The van der Waals surface area contributed by atoms with E-state index in [0.717, 1.165) is 0 Å². The Morgan fingerprint density at radius 1 is 1.02 bits per heavy atom. The van der Waals surface area contributed by atoms with Crippen LogP contribution in [0, 0.1) is 5.92 Å². The summed E-state index contributed by atoms with van der Waals surface area (Å²) in [6.45, 7) is 12.6. The third kappa shape index (κ3) is 9.98. The van der Waals surface area contributed by atoms with E-state index in [0.29, 0.717) is 24.9 Å². The van der Waals surface area contributed by atoms with Gasteiger partial charge in [0.25, 0.3) is 11.8 Å². The quantitative estimate of drug-likeness (QED) is 0.243. The fraction of sp³-hybridized carbons (Fsp3) is 0.625. The van der Waals surface area contributed by atoms with Crippen molar-refractivity contribution in [2.24, 2.45) is 5.92 Å². The van der Waals surface area contributed by atoms with Gasteiger partial charge in [0.1, 0.15) is 18.1 Å². The number of urea groups is 1. The molecule has 7 N–H and O–H groups in total. The van der Waals surface area contributed by atoms with E-state index in [1.807, 2.05) is 34.6 Å². The average Bonchev–Trinajstić information content (AvgIpc) is 3.41. The topological polar surface area (TPSA) is 198 Å². The maximum absolute atomic E-state index is 13.7. The van der Waals surface area contributed by atoms with Crippen molar-refractivity contribution >= 4 is 35.6 Å². The Morgan fingerprint density at radius 2 is 1.72 bits per heavy atom. The van der Waals surface area contributed by atoms with Crippen LogP contribution in [-0.4, -0.2) is 94.0 Å². The Hall–Kier alpha value is -4.04. The minimum absolute atomic E-state index is 0.0257. The molecule has 7 amide bonds. The van der Waals surface area contributed by atoms with Crippen LogP contribution in [0.4, 0.5) is 4.79 Å². The molecule has 2 bridgehead atoms. The number of carbonyl (C=O) groups is 6. The first kappa shape index (κ1) is 36.4. The van der Waals surface area contributed by atoms with Gasteiger partial charge >= 0.3 is 6.03 Å². The third-order valence-corrected chi connectivity index (χ3v) is 7.84. The summed E-state index contributed by atoms with van der Waals surface area (Å²) in [6, 6.07) is 0.492. The van der Waals surface area contributed by atoms with Gasteiger partial charge < -0.3 is 31.7 Å². The van der Waals surface area contributed by atoms with Crippen molar-refractivity contribution in [3.05, 3.63) is 35.4 Å². The zero-order chi connectivity index (χ0) is 34.3. The summed E-state index contributed by atoms with van der Waals surface area (Å²) in [4.78, 5) is 81.7. The van der Waals surface area contributed by atoms with Crippen LogP contribution >= 0.6 is 0 Å². The predicted molar refractivity (Wildman–Crippen MR) is 170 cm³/mol. The molecule has 46 heavy (non-hydrogen) atoms. The van der Waals surface area contributed by atoms with Gasteiger partial charge in [0.05, 0.1) is 18.2 Å². The lowest BCUT2D eigenvalue weighted by atomic mass is 10.0. The molecule has 2 aliphatic heterocycles. The van der Waals surface area contributed by atoms with E-state index in [-0.39, 0.29) is 30.4 Å². The summed E-state index contributed by atoms with van der Waals surface area (Å²) < 4.78 is 0. The molecule has 2 aliphatic rings. The van der Waals surface area contributed by atoms with Crippen molar-refractivity contribution in [3.8, 4) is 0 Å². The Labute approximate surface area is 270 Å². The number of carbonyl (C=O) groups excluding carboxylic acids is 6. The highest BCUT2D eigenvalue weighted by Gasteiger charge is 2.43. The van der Waals surface area contributed by atoms with Crippen molar-refractivity contribution < 1.29 is 33.9 Å². The Kier molecular flexibility index (Phi) is 12.3. The van der Waals surface area contributed by atoms with Crippen LogP contribution in [0.3, 0.4) is 0 Å². The normalized spacial score (nSPS) is 26.5. The van der Waals surface area contributed by atoms with Crippen molar-refractivity contribution in [1.82, 2.24) is 36.8 Å². The number of rotatable bonds is 4. The molecule has 1 saturated heterocycles. The van der Waals surface area contributed by atoms with Crippen LogP contribution in [0.1, 0.15) is 83.7 Å². The highest BCUT2D eigenvalue weighted by atomic mass is 16.3. The molecule has 254 valence electrons. The van der Waals surface area contributed by atoms with Crippen molar-refractivity contribution in [1.29, 1.82) is 0 Å². The molecule has 0 aliphatic carbocycles. The molecule has 14 heteroatoms. The van der Waals surface area contributed by atoms with E-state index < -0.39 is 71.5 Å². The van der Waals surface area contributed by atoms with Crippen LogP contribution in [0.25, 0.3) is 0 Å². The van der Waals surface area contributed by atoms with E-state index in [1.165, 1.54) is 6.92 Å². The van der Waals surface area contributed by atoms with Crippen LogP contribution in [0.15, 0.2) is 24.3 Å². The molecular formula is C32H49N7O7. The molecule has 3 rings (SSSR count). The standard InChI is InChI=1S/C32H49N7O7/c1-17(2)14-22-27(42)37-31(46)36-24(19(4)40)29(44)34-18(3)25(30(45)38-32(5,6)7)39-13-9-12-23(39)28(43)33-16-20-10-8-11-21(15-20)26(41)35-22/h8,10-11,15,17-19,22-25,40H,9,12-14,16H2,1-7H3,(H,33,43)(H,34,44)(H,35,41)(H,38,45)(H2,36,37,42,46)/t18-,19+,22-,23-,24-,25-/m0/s1. The fourth-order valence-corrected chi connectivity index (χ4v) is 5.76. The fourth-order valence-electron chi connectivity index (χ4n) is 5.76. The molecule has 0 saturated carbocycles. The smallest absolute Gasteiger partial charge is 0.322 e. The second-order valence-corrected chi connectivity index (χ2v) is 13.6. The van der Waals surface area contributed by atoms with Crippen molar-refractivity contribution in [2.45, 2.75) is 116 Å². The molecular weight excluding hydrogens is 594 g/mol. The van der Waals surface area contributed by atoms with E-state index in [9.17, 15) is 33.9 Å². The molecule has 6 atom stereocenters. The highest BCUT2D eigenvalue weighted by Crippen LogP contribution is 2.23. The largest absolute Gasteiger partial charge is 0.391 e. The summed E-state index contributed by atoms with van der Waals surface area (Å²) in [6.07, 6.45) is -0.0417. The zero-order valence-corrected chi connectivity index (χ0v) is 27.7. The van der Waals surface area contributed by atoms with E-state index >= 15 is 0 Å². The van der Waals surface area contributed by atoms with Crippen molar-refractivity contribution in [2.75, 3.05) is 6.54 Å². The molecule has 0 aromatic heterocycles. The van der Waals surface area contributed by atoms with Gasteiger partial charge in [-0.2, -0.15) is 0 Å². The molecule has 14 nitrogen and oxygen atoms in total. The maximum Gasteiger partial charge on any atom is 0.322 e. The number of nitrogens with one attached hydrogen (secondary N) is 6. The molecule has 0 unspecified atom stereocenters. The third-order valence-electron chi connectivity index (χ3n) is 7.84. The predicted octanol–water partition coefficient (Wildman–Crippen LogP) is 0.289. The summed E-state index contributed by atoms with van der Waals surface area (Å²) in [5.41, 5.74) is 0.296. The number of hydrogen-bond acceptors (Lipinski definition) is 8. The number of imide groups is 1. The van der Waals surface area contributed by atoms with Crippen LogP contribution in [0.5, 0.6) is 0 Å². The van der Waals surface area contributed by atoms with Gasteiger partial charge in [-0.05, 0) is 84.0 Å². The average molecular weight is 644 g/mol. The van der Waals surface area contributed by atoms with E-state index in [4.69, 9.17) is 0 Å². The van der Waals surface area contributed by atoms with Crippen LogP contribution in [0.2, 0.25) is 0 Å². The maximum atomic E-state index is 13.7. The van der Waals surface area contributed by atoms with Gasteiger partial charge in [0, 0.05) is 17.6 Å². The minimum Gasteiger partial charge on any atom is -0.391 e. The number of benzene rings is 1. The number of fused-ring (bicyclic) bond motifs is 3. The monoisotopic (exact) mass is 643 g/mol. The molecule has 0 spiro atoms. The van der Waals surface area contributed by atoms with E-state index in [2.05, 4.69) is 31.9 Å².